The molecule has 0 aliphatic carbocycles. The standard InChI is InChI=1S/C13H19N5O3/c14-7-12(19)16-9-13(20)17-11-2-1-10(8-15-11)18-3-5-21-6-4-18/h1-2,8H,3-7,9,14H2,(H,16,19)(H,15,17,20). The van der Waals surface area contributed by atoms with Crippen LogP contribution in [-0.4, -0.2) is 56.2 Å². The predicted octanol–water partition coefficient (Wildman–Crippen LogP) is -1.07. The molecule has 1 aromatic heterocycles. The highest BCUT2D eigenvalue weighted by Gasteiger charge is 2.11. The molecule has 21 heavy (non-hydrogen) atoms. The van der Waals surface area contributed by atoms with Gasteiger partial charge >= 0.3 is 0 Å². The molecular formula is C13H19N5O3. The molecule has 0 radical (unpaired) electrons. The minimum Gasteiger partial charge on any atom is -0.378 e. The highest BCUT2D eigenvalue weighted by Crippen LogP contribution is 2.16. The summed E-state index contributed by atoms with van der Waals surface area (Å²) >= 11 is 0. The summed E-state index contributed by atoms with van der Waals surface area (Å²) in [5, 5.41) is 4.99. The Morgan fingerprint density at radius 2 is 2.05 bits per heavy atom. The number of rotatable bonds is 5. The summed E-state index contributed by atoms with van der Waals surface area (Å²) in [5.74, 6) is -0.275. The van der Waals surface area contributed by atoms with Gasteiger partial charge < -0.3 is 26.0 Å². The van der Waals surface area contributed by atoms with Gasteiger partial charge in [-0.25, -0.2) is 4.98 Å². The third-order valence-electron chi connectivity index (χ3n) is 3.02. The Balaban J connectivity index is 1.84. The molecule has 0 aromatic carbocycles. The summed E-state index contributed by atoms with van der Waals surface area (Å²) in [5.41, 5.74) is 6.12. The van der Waals surface area contributed by atoms with Gasteiger partial charge in [0.1, 0.15) is 5.82 Å². The van der Waals surface area contributed by atoms with Crippen molar-refractivity contribution in [3.8, 4) is 0 Å². The molecule has 2 rings (SSSR count). The van der Waals surface area contributed by atoms with Gasteiger partial charge in [0.05, 0.1) is 38.2 Å². The molecule has 8 heteroatoms. The van der Waals surface area contributed by atoms with E-state index >= 15 is 0 Å². The number of hydrogen-bond donors (Lipinski definition) is 3. The van der Waals surface area contributed by atoms with Gasteiger partial charge in [0.25, 0.3) is 0 Å². The maximum Gasteiger partial charge on any atom is 0.244 e. The van der Waals surface area contributed by atoms with Crippen molar-refractivity contribution in [2.24, 2.45) is 5.73 Å². The summed E-state index contributed by atoms with van der Waals surface area (Å²) in [6, 6.07) is 3.62. The van der Waals surface area contributed by atoms with E-state index in [1.54, 1.807) is 12.3 Å². The van der Waals surface area contributed by atoms with Gasteiger partial charge in [-0.05, 0) is 12.1 Å². The Morgan fingerprint density at radius 1 is 1.29 bits per heavy atom. The fourth-order valence-electron chi connectivity index (χ4n) is 1.91. The zero-order valence-corrected chi connectivity index (χ0v) is 11.7. The van der Waals surface area contributed by atoms with Crippen LogP contribution < -0.4 is 21.3 Å². The number of anilines is 2. The first-order chi connectivity index (χ1) is 10.2. The second-order valence-corrected chi connectivity index (χ2v) is 4.53. The average molecular weight is 293 g/mol. The minimum atomic E-state index is -0.374. The quantitative estimate of drug-likeness (QED) is 0.638. The summed E-state index contributed by atoms with van der Waals surface area (Å²) in [4.78, 5) is 28.9. The molecule has 0 unspecified atom stereocenters. The molecule has 0 atom stereocenters. The number of hydrogen-bond acceptors (Lipinski definition) is 6. The van der Waals surface area contributed by atoms with Crippen LogP contribution >= 0.6 is 0 Å². The summed E-state index contributed by atoms with van der Waals surface area (Å²) in [7, 11) is 0. The van der Waals surface area contributed by atoms with E-state index in [-0.39, 0.29) is 24.9 Å². The molecule has 2 heterocycles. The van der Waals surface area contributed by atoms with Crippen molar-refractivity contribution in [3.05, 3.63) is 18.3 Å². The fraction of sp³-hybridized carbons (Fsp3) is 0.462. The molecule has 1 fully saturated rings. The number of nitrogens with one attached hydrogen (secondary N) is 2. The van der Waals surface area contributed by atoms with E-state index in [1.807, 2.05) is 6.07 Å². The van der Waals surface area contributed by atoms with Crippen LogP contribution in [-0.2, 0) is 14.3 Å². The lowest BCUT2D eigenvalue weighted by atomic mass is 10.3. The van der Waals surface area contributed by atoms with Crippen LogP contribution in [0.4, 0.5) is 11.5 Å². The van der Waals surface area contributed by atoms with Crippen molar-refractivity contribution < 1.29 is 14.3 Å². The van der Waals surface area contributed by atoms with Gasteiger partial charge in [0.15, 0.2) is 0 Å². The van der Waals surface area contributed by atoms with Crippen molar-refractivity contribution in [1.29, 1.82) is 0 Å². The first-order valence-electron chi connectivity index (χ1n) is 6.74. The van der Waals surface area contributed by atoms with E-state index in [4.69, 9.17) is 10.5 Å². The number of ether oxygens (including phenoxy) is 1. The number of carbonyl (C=O) groups excluding carboxylic acids is 2. The van der Waals surface area contributed by atoms with E-state index in [0.717, 1.165) is 18.8 Å². The summed E-state index contributed by atoms with van der Waals surface area (Å²) in [6.07, 6.45) is 1.71. The number of nitrogens with zero attached hydrogens (tertiary/aromatic N) is 2. The van der Waals surface area contributed by atoms with Crippen LogP contribution in [0.25, 0.3) is 0 Å². The fourth-order valence-corrected chi connectivity index (χ4v) is 1.91. The molecule has 4 N–H and O–H groups in total. The molecule has 1 aromatic rings. The molecule has 1 aliphatic heterocycles. The summed E-state index contributed by atoms with van der Waals surface area (Å²) < 4.78 is 5.29. The Bertz CT molecular complexity index is 485. The molecule has 114 valence electrons. The lowest BCUT2D eigenvalue weighted by Gasteiger charge is -2.28. The van der Waals surface area contributed by atoms with Crippen LogP contribution in [0.1, 0.15) is 0 Å². The second-order valence-electron chi connectivity index (χ2n) is 4.53. The normalized spacial score (nSPS) is 14.6. The maximum atomic E-state index is 11.6. The SMILES string of the molecule is NCC(=O)NCC(=O)Nc1ccc(N2CCOCC2)cn1. The summed E-state index contributed by atoms with van der Waals surface area (Å²) in [6.45, 7) is 2.82. The van der Waals surface area contributed by atoms with E-state index in [0.29, 0.717) is 19.0 Å². The van der Waals surface area contributed by atoms with Gasteiger partial charge in [-0.3, -0.25) is 9.59 Å². The van der Waals surface area contributed by atoms with Crippen LogP contribution in [0.15, 0.2) is 18.3 Å². The third kappa shape index (κ3) is 4.69. The van der Waals surface area contributed by atoms with Gasteiger partial charge in [-0.1, -0.05) is 0 Å². The number of nitrogens with two attached hydrogens (primary N) is 1. The largest absolute Gasteiger partial charge is 0.378 e. The Morgan fingerprint density at radius 3 is 2.67 bits per heavy atom. The van der Waals surface area contributed by atoms with Crippen molar-refractivity contribution in [2.45, 2.75) is 0 Å². The molecule has 8 nitrogen and oxygen atoms in total. The number of amides is 2. The van der Waals surface area contributed by atoms with Gasteiger partial charge in [0.2, 0.25) is 11.8 Å². The van der Waals surface area contributed by atoms with Crippen molar-refractivity contribution in [2.75, 3.05) is 49.6 Å². The van der Waals surface area contributed by atoms with Gasteiger partial charge in [0, 0.05) is 13.1 Å². The molecule has 0 saturated carbocycles. The first kappa shape index (κ1) is 15.2. The first-order valence-corrected chi connectivity index (χ1v) is 6.74. The minimum absolute atomic E-state index is 0.122. The van der Waals surface area contributed by atoms with Crippen LogP contribution in [0.2, 0.25) is 0 Å². The number of carbonyl (C=O) groups is 2. The maximum absolute atomic E-state index is 11.6. The second kappa shape index (κ2) is 7.55. The number of morpholine rings is 1. The highest BCUT2D eigenvalue weighted by molar-refractivity contribution is 5.94. The zero-order chi connectivity index (χ0) is 15.1. The van der Waals surface area contributed by atoms with Gasteiger partial charge in [-0.2, -0.15) is 0 Å². The smallest absolute Gasteiger partial charge is 0.244 e. The van der Waals surface area contributed by atoms with Crippen LogP contribution in [0.3, 0.4) is 0 Å². The van der Waals surface area contributed by atoms with Gasteiger partial charge in [-0.15, -0.1) is 0 Å². The highest BCUT2D eigenvalue weighted by atomic mass is 16.5. The molecule has 1 saturated heterocycles. The lowest BCUT2D eigenvalue weighted by Crippen LogP contribution is -2.37. The number of pyridine rings is 1. The monoisotopic (exact) mass is 293 g/mol. The molecular weight excluding hydrogens is 274 g/mol. The molecule has 2 amide bonds. The van der Waals surface area contributed by atoms with Crippen molar-refractivity contribution in [3.63, 3.8) is 0 Å². The van der Waals surface area contributed by atoms with Crippen molar-refractivity contribution in [1.82, 2.24) is 10.3 Å². The zero-order valence-electron chi connectivity index (χ0n) is 11.7. The van der Waals surface area contributed by atoms with Crippen LogP contribution in [0, 0.1) is 0 Å². The van der Waals surface area contributed by atoms with E-state index in [1.165, 1.54) is 0 Å². The molecule has 1 aliphatic rings. The van der Waals surface area contributed by atoms with Crippen LogP contribution in [0.5, 0.6) is 0 Å². The Kier molecular flexibility index (Phi) is 5.47. The van der Waals surface area contributed by atoms with Crippen molar-refractivity contribution >= 4 is 23.3 Å². The lowest BCUT2D eigenvalue weighted by molar-refractivity contribution is -0.123. The topological polar surface area (TPSA) is 110 Å². The van der Waals surface area contributed by atoms with E-state index in [9.17, 15) is 9.59 Å². The molecule has 0 bridgehead atoms. The van der Waals surface area contributed by atoms with E-state index < -0.39 is 0 Å². The average Bonchev–Trinajstić information content (AvgIpc) is 2.54. The molecule has 0 spiro atoms. The van der Waals surface area contributed by atoms with E-state index in [2.05, 4.69) is 20.5 Å². The Hall–Kier alpha value is -2.19. The Labute approximate surface area is 122 Å². The third-order valence-corrected chi connectivity index (χ3v) is 3.02. The number of aromatic nitrogens is 1. The predicted molar refractivity (Wildman–Crippen MR) is 78.0 cm³/mol.